The van der Waals surface area contributed by atoms with Gasteiger partial charge in [0.05, 0.1) is 0 Å². The zero-order valence-electron chi connectivity index (χ0n) is 11.8. The summed E-state index contributed by atoms with van der Waals surface area (Å²) in [5.74, 6) is 1.63. The van der Waals surface area contributed by atoms with Gasteiger partial charge in [0.15, 0.2) is 0 Å². The Morgan fingerprint density at radius 2 is 1.30 bits per heavy atom. The average Bonchev–Trinajstić information content (AvgIpc) is 2.47. The van der Waals surface area contributed by atoms with Crippen LogP contribution in [0.2, 0.25) is 0 Å². The maximum Gasteiger partial charge on any atom is 0.262 e. The van der Waals surface area contributed by atoms with Crippen LogP contribution < -0.4 is 9.47 Å². The predicted molar refractivity (Wildman–Crippen MR) is 86.1 cm³/mol. The molecule has 1 atom stereocenters. The van der Waals surface area contributed by atoms with Gasteiger partial charge >= 0.3 is 0 Å². The Hall–Kier alpha value is -1.53. The van der Waals surface area contributed by atoms with Crippen LogP contribution in [0.5, 0.6) is 11.5 Å². The van der Waals surface area contributed by atoms with E-state index in [9.17, 15) is 0 Å². The van der Waals surface area contributed by atoms with Gasteiger partial charge in [-0.25, -0.2) is 0 Å². The van der Waals surface area contributed by atoms with Crippen LogP contribution >= 0.6 is 9.24 Å². The lowest BCUT2D eigenvalue weighted by Crippen LogP contribution is -2.35. The van der Waals surface area contributed by atoms with Gasteiger partial charge in [0.2, 0.25) is 0 Å². The van der Waals surface area contributed by atoms with E-state index in [0.717, 1.165) is 30.8 Å². The van der Waals surface area contributed by atoms with Crippen LogP contribution in [0, 0.1) is 0 Å². The first-order valence-corrected chi connectivity index (χ1v) is 7.56. The summed E-state index contributed by atoms with van der Waals surface area (Å²) >= 11 is 0. The molecule has 3 heteroatoms. The molecule has 0 aliphatic rings. The number of unbranched alkanes of at least 4 members (excludes halogenated alkanes) is 1. The molecule has 0 heterocycles. The standard InChI is InChI=1S/C17H21O2P/c1-2-3-14-17(20,18-15-10-6-4-7-11-15)19-16-12-8-5-9-13-16/h4-13H,2-3,14,20H2,1H3. The van der Waals surface area contributed by atoms with Crippen LogP contribution in [-0.4, -0.2) is 5.53 Å². The highest BCUT2D eigenvalue weighted by atomic mass is 31.0. The van der Waals surface area contributed by atoms with Gasteiger partial charge in [0.25, 0.3) is 5.53 Å². The molecule has 0 saturated carbocycles. The number of hydrogen-bond acceptors (Lipinski definition) is 2. The van der Waals surface area contributed by atoms with Gasteiger partial charge in [-0.05, 0) is 39.9 Å². The molecule has 0 aromatic heterocycles. The number of hydrogen-bond donors (Lipinski definition) is 0. The van der Waals surface area contributed by atoms with E-state index in [0.29, 0.717) is 0 Å². The molecule has 0 aliphatic heterocycles. The molecule has 0 spiro atoms. The molecule has 2 aromatic rings. The van der Waals surface area contributed by atoms with E-state index in [2.05, 4.69) is 16.2 Å². The molecule has 0 aliphatic carbocycles. The third-order valence-corrected chi connectivity index (χ3v) is 3.47. The molecule has 0 N–H and O–H groups in total. The summed E-state index contributed by atoms with van der Waals surface area (Å²) in [5, 5.41) is 0. The molecule has 2 nitrogen and oxygen atoms in total. The summed E-state index contributed by atoms with van der Waals surface area (Å²) in [7, 11) is 2.72. The van der Waals surface area contributed by atoms with Crippen LogP contribution in [0.3, 0.4) is 0 Å². The average molecular weight is 288 g/mol. The molecule has 106 valence electrons. The van der Waals surface area contributed by atoms with E-state index in [1.807, 2.05) is 60.7 Å². The van der Waals surface area contributed by atoms with Crippen LogP contribution in [-0.2, 0) is 0 Å². The quantitative estimate of drug-likeness (QED) is 0.535. The Kier molecular flexibility index (Phi) is 5.43. The van der Waals surface area contributed by atoms with Gasteiger partial charge in [0.1, 0.15) is 11.5 Å². The van der Waals surface area contributed by atoms with Gasteiger partial charge in [-0.3, -0.25) is 0 Å². The molecule has 1 unspecified atom stereocenters. The highest BCUT2D eigenvalue weighted by Crippen LogP contribution is 2.32. The summed E-state index contributed by atoms with van der Waals surface area (Å²) < 4.78 is 12.1. The van der Waals surface area contributed by atoms with E-state index in [1.165, 1.54) is 0 Å². The smallest absolute Gasteiger partial charge is 0.262 e. The van der Waals surface area contributed by atoms with Crippen LogP contribution in [0.1, 0.15) is 26.2 Å². The topological polar surface area (TPSA) is 18.5 Å². The van der Waals surface area contributed by atoms with E-state index in [4.69, 9.17) is 9.47 Å². The monoisotopic (exact) mass is 288 g/mol. The van der Waals surface area contributed by atoms with Crippen molar-refractivity contribution >= 4 is 9.24 Å². The van der Waals surface area contributed by atoms with Gasteiger partial charge in [-0.15, -0.1) is 0 Å². The second-order valence-corrected chi connectivity index (χ2v) is 5.63. The Balaban J connectivity index is 2.12. The lowest BCUT2D eigenvalue weighted by atomic mass is 10.2. The largest absolute Gasteiger partial charge is 0.449 e. The van der Waals surface area contributed by atoms with Gasteiger partial charge < -0.3 is 9.47 Å². The van der Waals surface area contributed by atoms with Gasteiger partial charge in [-0.2, -0.15) is 0 Å². The second-order valence-electron chi connectivity index (χ2n) is 4.75. The van der Waals surface area contributed by atoms with Crippen molar-refractivity contribution < 1.29 is 9.47 Å². The van der Waals surface area contributed by atoms with Crippen molar-refractivity contribution in [2.24, 2.45) is 0 Å². The number of rotatable bonds is 7. The first kappa shape index (κ1) is 14.9. The van der Waals surface area contributed by atoms with Crippen LogP contribution in [0.15, 0.2) is 60.7 Å². The number of benzene rings is 2. The first-order valence-electron chi connectivity index (χ1n) is 6.99. The van der Waals surface area contributed by atoms with Gasteiger partial charge in [-0.1, -0.05) is 49.7 Å². The lowest BCUT2D eigenvalue weighted by Gasteiger charge is -2.31. The van der Waals surface area contributed by atoms with Crippen LogP contribution in [0.25, 0.3) is 0 Å². The van der Waals surface area contributed by atoms with Crippen LogP contribution in [0.4, 0.5) is 0 Å². The fourth-order valence-corrected chi connectivity index (χ4v) is 2.40. The highest BCUT2D eigenvalue weighted by Gasteiger charge is 2.28. The zero-order chi connectivity index (χ0) is 14.3. The molecule has 0 fully saturated rings. The van der Waals surface area contributed by atoms with Crippen molar-refractivity contribution in [1.82, 2.24) is 0 Å². The summed E-state index contributed by atoms with van der Waals surface area (Å²) in [6, 6.07) is 19.6. The number of para-hydroxylation sites is 2. The minimum atomic E-state index is -0.723. The molecular weight excluding hydrogens is 267 g/mol. The third kappa shape index (κ3) is 4.54. The van der Waals surface area contributed by atoms with E-state index >= 15 is 0 Å². The fraction of sp³-hybridized carbons (Fsp3) is 0.294. The predicted octanol–water partition coefficient (Wildman–Crippen LogP) is 4.86. The molecule has 2 rings (SSSR count). The Morgan fingerprint density at radius 3 is 1.70 bits per heavy atom. The Labute approximate surface area is 123 Å². The minimum absolute atomic E-state index is 0.723. The van der Waals surface area contributed by atoms with E-state index < -0.39 is 5.53 Å². The molecule has 0 bridgehead atoms. The Morgan fingerprint density at radius 1 is 0.850 bits per heavy atom. The maximum atomic E-state index is 6.05. The van der Waals surface area contributed by atoms with Crippen molar-refractivity contribution in [1.29, 1.82) is 0 Å². The molecule has 0 radical (unpaired) electrons. The van der Waals surface area contributed by atoms with Crippen molar-refractivity contribution in [2.45, 2.75) is 31.7 Å². The van der Waals surface area contributed by atoms with Crippen molar-refractivity contribution in [3.8, 4) is 11.5 Å². The normalized spacial score (nSPS) is 11.1. The maximum absolute atomic E-state index is 6.05. The fourth-order valence-electron chi connectivity index (χ4n) is 1.92. The SMILES string of the molecule is CCCCC(P)(Oc1ccccc1)Oc1ccccc1. The number of ether oxygens (including phenoxy) is 2. The Bertz CT molecular complexity index is 457. The highest BCUT2D eigenvalue weighted by molar-refractivity contribution is 7.18. The van der Waals surface area contributed by atoms with Crippen molar-refractivity contribution in [3.05, 3.63) is 60.7 Å². The zero-order valence-corrected chi connectivity index (χ0v) is 12.9. The van der Waals surface area contributed by atoms with Crippen molar-refractivity contribution in [3.63, 3.8) is 0 Å². The molecule has 2 aromatic carbocycles. The third-order valence-electron chi connectivity index (χ3n) is 2.95. The molecule has 20 heavy (non-hydrogen) atoms. The van der Waals surface area contributed by atoms with E-state index in [-0.39, 0.29) is 0 Å². The summed E-state index contributed by atoms with van der Waals surface area (Å²) in [4.78, 5) is 0. The lowest BCUT2D eigenvalue weighted by molar-refractivity contribution is -0.0384. The van der Waals surface area contributed by atoms with E-state index in [1.54, 1.807) is 0 Å². The summed E-state index contributed by atoms with van der Waals surface area (Å²) in [6.45, 7) is 2.16. The van der Waals surface area contributed by atoms with Gasteiger partial charge in [0, 0.05) is 6.42 Å². The first-order chi connectivity index (χ1) is 9.72. The van der Waals surface area contributed by atoms with Crippen molar-refractivity contribution in [2.75, 3.05) is 0 Å². The molecule has 0 saturated heterocycles. The minimum Gasteiger partial charge on any atom is -0.449 e. The second kappa shape index (κ2) is 7.31. The molecular formula is C17H21O2P. The summed E-state index contributed by atoms with van der Waals surface area (Å²) in [5.41, 5.74) is -0.723. The molecule has 0 amide bonds. The summed E-state index contributed by atoms with van der Waals surface area (Å²) in [6.07, 6.45) is 2.97.